The van der Waals surface area contributed by atoms with Gasteiger partial charge in [0.05, 0.1) is 0 Å². The van der Waals surface area contributed by atoms with E-state index >= 15 is 0 Å². The van der Waals surface area contributed by atoms with Crippen LogP contribution < -0.4 is 31.6 Å². The zero-order chi connectivity index (χ0) is 45.0. The molecule has 3 amide bonds. The molecule has 1 aromatic heterocycles. The third kappa shape index (κ3) is 8.17. The van der Waals surface area contributed by atoms with E-state index in [4.69, 9.17) is 12.7 Å². The number of allylic oxidation sites excluding steroid dienone is 1. The van der Waals surface area contributed by atoms with Crippen LogP contribution >= 0.6 is 6.83 Å². The summed E-state index contributed by atoms with van der Waals surface area (Å²) in [5.74, 6) is 1.88. The number of rotatable bonds is 16. The summed E-state index contributed by atoms with van der Waals surface area (Å²) in [7, 11) is -7.82. The van der Waals surface area contributed by atoms with Crippen LogP contribution in [0.4, 0.5) is 10.6 Å². The molecule has 2 aliphatic rings. The number of urea groups is 1. The number of fused-ring (bicyclic) bond motifs is 2. The van der Waals surface area contributed by atoms with Crippen molar-refractivity contribution in [3.8, 4) is 0 Å². The van der Waals surface area contributed by atoms with E-state index in [9.17, 15) is 18.0 Å². The summed E-state index contributed by atoms with van der Waals surface area (Å²) in [4.78, 5) is 28.7. The van der Waals surface area contributed by atoms with Gasteiger partial charge in [-0.15, -0.1) is 0 Å². The molecule has 8 rings (SSSR count). The fourth-order valence-electron chi connectivity index (χ4n) is 9.05. The predicted octanol–water partition coefficient (Wildman–Crippen LogP) is 6.92. The molecule has 2 aliphatic heterocycles. The first kappa shape index (κ1) is 44.6. The van der Waals surface area contributed by atoms with Gasteiger partial charge in [-0.3, -0.25) is 4.79 Å². The number of hydrogen-bond donors (Lipinski definition) is 1. The standard InChI is InChI=1S/C49H52N5O7PSSi/c1-5-35-62(41-21-11-6-12-22-41,42-23-13-7-14-24-42,43-25-15-8-16-26-43)61-63(57,58)60-54-40-36-39(37-52(38-40)48(54)56)53-33-31-46(51-53)50-47(55)32-34-59-64(49(2,3)4,44-27-17-9-18-28-44)45-29-19-10-20-30-45/h5-31,33,35-36,40H,32,34,37-38H2,1-4H3,(H,50,51,55)/b35-5+. The summed E-state index contributed by atoms with van der Waals surface area (Å²) in [5.41, 5.74) is 0.593. The van der Waals surface area contributed by atoms with Crippen molar-refractivity contribution in [1.29, 1.82) is 0 Å². The van der Waals surface area contributed by atoms with Gasteiger partial charge in [-0.1, -0.05) is 81.4 Å². The SMILES string of the molecule is C/C=C/P(OS(=O)(=O)ON1C(=O)N2CC(n3ccc(NC(=O)CCO[Si](c4ccccc4)(c4ccccc4)C(C)(C)C)n3)=CC1C2)(c1ccccc1)(c1ccccc1)c1ccccc1. The molecular weight excluding hydrogens is 862 g/mol. The molecule has 1 atom stereocenters. The molecule has 330 valence electrons. The molecule has 0 radical (unpaired) electrons. The van der Waals surface area contributed by atoms with Crippen LogP contribution in [0.5, 0.6) is 0 Å². The number of anilines is 1. The molecule has 0 aliphatic carbocycles. The zero-order valence-corrected chi connectivity index (χ0v) is 38.9. The summed E-state index contributed by atoms with van der Waals surface area (Å²) in [6.45, 7) is 4.37. The van der Waals surface area contributed by atoms with Crippen molar-refractivity contribution < 1.29 is 30.7 Å². The topological polar surface area (TPSA) is 132 Å². The first-order valence-electron chi connectivity index (χ1n) is 21.2. The van der Waals surface area contributed by atoms with E-state index in [1.807, 2.05) is 140 Å². The number of benzene rings is 5. The Hall–Kier alpha value is -5.99. The molecule has 1 unspecified atom stereocenters. The average molecular weight is 914 g/mol. The number of hydrogen-bond acceptors (Lipinski definition) is 8. The van der Waals surface area contributed by atoms with E-state index in [2.05, 4.69) is 55.5 Å². The van der Waals surface area contributed by atoms with Crippen LogP contribution in [0.15, 0.2) is 182 Å². The second-order valence-electron chi connectivity index (χ2n) is 16.8. The van der Waals surface area contributed by atoms with E-state index in [1.54, 1.807) is 29.1 Å². The molecule has 12 nitrogen and oxygen atoms in total. The summed E-state index contributed by atoms with van der Waals surface area (Å²) >= 11 is 0. The zero-order valence-electron chi connectivity index (χ0n) is 36.2. The Morgan fingerprint density at radius 1 is 0.797 bits per heavy atom. The van der Waals surface area contributed by atoms with Gasteiger partial charge in [0.1, 0.15) is 0 Å². The second kappa shape index (κ2) is 17.9. The molecule has 3 heterocycles. The van der Waals surface area contributed by atoms with Crippen molar-refractivity contribution in [1.82, 2.24) is 19.7 Å². The Labute approximate surface area is 376 Å². The first-order chi connectivity index (χ1) is 30.8. The fraction of sp³-hybridized carbons (Fsp3) is 0.204. The van der Waals surface area contributed by atoms with Gasteiger partial charge >= 0.3 is 250 Å². The van der Waals surface area contributed by atoms with Gasteiger partial charge < -0.3 is 4.43 Å². The van der Waals surface area contributed by atoms with E-state index in [0.717, 1.165) is 15.4 Å². The van der Waals surface area contributed by atoms with E-state index in [-0.39, 0.29) is 37.1 Å². The Kier molecular flexibility index (Phi) is 12.5. The average Bonchev–Trinajstić information content (AvgIpc) is 3.86. The van der Waals surface area contributed by atoms with Crippen LogP contribution in [0, 0.1) is 0 Å². The van der Waals surface area contributed by atoms with Gasteiger partial charge in [-0.25, -0.2) is 0 Å². The Morgan fingerprint density at radius 2 is 1.30 bits per heavy atom. The van der Waals surface area contributed by atoms with Crippen molar-refractivity contribution in [2.24, 2.45) is 0 Å². The van der Waals surface area contributed by atoms with Crippen LogP contribution in [0.25, 0.3) is 5.70 Å². The normalized spacial score (nSPS) is 16.4. The van der Waals surface area contributed by atoms with Crippen LogP contribution in [0.1, 0.15) is 34.1 Å². The molecule has 64 heavy (non-hydrogen) atoms. The molecule has 6 aromatic rings. The van der Waals surface area contributed by atoms with Crippen molar-refractivity contribution in [2.45, 2.75) is 45.2 Å². The van der Waals surface area contributed by atoms with E-state index in [0.29, 0.717) is 27.4 Å². The Balaban J connectivity index is 1.01. The fourth-order valence-corrected chi connectivity index (χ4v) is 21.1. The van der Waals surface area contributed by atoms with Crippen LogP contribution in [-0.4, -0.2) is 74.2 Å². The molecule has 5 aromatic carbocycles. The number of aromatic nitrogens is 2. The summed E-state index contributed by atoms with van der Waals surface area (Å²) < 4.78 is 50.0. The van der Waals surface area contributed by atoms with Gasteiger partial charge in [0, 0.05) is 13.0 Å². The molecular formula is C49H52N5O7PSSi. The van der Waals surface area contributed by atoms with Gasteiger partial charge in [-0.2, -0.15) is 0 Å². The summed E-state index contributed by atoms with van der Waals surface area (Å²) in [6, 6.07) is 48.5. The van der Waals surface area contributed by atoms with Crippen LogP contribution in [-0.2, 0) is 27.9 Å². The molecule has 15 heteroatoms. The third-order valence-electron chi connectivity index (χ3n) is 11.8. The van der Waals surface area contributed by atoms with E-state index in [1.165, 1.54) is 4.90 Å². The molecule has 0 spiro atoms. The molecule has 0 saturated carbocycles. The minimum atomic E-state index is -4.99. The first-order valence-corrected chi connectivity index (χ1v) is 26.6. The van der Waals surface area contributed by atoms with Crippen molar-refractivity contribution >= 4 is 75.3 Å². The monoisotopic (exact) mass is 913 g/mol. The number of amides is 3. The maximum absolute atomic E-state index is 14.6. The molecule has 1 saturated heterocycles. The Bertz CT molecular complexity index is 2630. The minimum absolute atomic E-state index is 0.102. The summed E-state index contributed by atoms with van der Waals surface area (Å²) in [5, 5.41) is 12.3. The number of hydroxylamine groups is 2. The van der Waals surface area contributed by atoms with Crippen molar-refractivity contribution in [3.63, 3.8) is 0 Å². The van der Waals surface area contributed by atoms with Gasteiger partial charge in [0.25, 0.3) is 8.32 Å². The number of nitrogens with zero attached hydrogens (tertiary/aromatic N) is 4. The molecule has 2 bridgehead atoms. The van der Waals surface area contributed by atoms with Crippen molar-refractivity contribution in [3.05, 3.63) is 182 Å². The number of carbonyl (C=O) groups excluding carboxylic acids is 2. The van der Waals surface area contributed by atoms with Crippen LogP contribution in [0.2, 0.25) is 5.04 Å². The Morgan fingerprint density at radius 3 is 1.78 bits per heavy atom. The van der Waals surface area contributed by atoms with Gasteiger partial charge in [0.2, 0.25) is 0 Å². The summed E-state index contributed by atoms with van der Waals surface area (Å²) in [6.07, 6.45) is 5.32. The van der Waals surface area contributed by atoms with Gasteiger partial charge in [-0.05, 0) is 15.4 Å². The van der Waals surface area contributed by atoms with E-state index < -0.39 is 37.6 Å². The predicted molar refractivity (Wildman–Crippen MR) is 257 cm³/mol. The van der Waals surface area contributed by atoms with Crippen molar-refractivity contribution in [2.75, 3.05) is 25.0 Å². The number of nitrogens with one attached hydrogen (secondary N) is 1. The molecule has 1 N–H and O–H groups in total. The van der Waals surface area contributed by atoms with Gasteiger partial charge in [0.15, 0.2) is 0 Å². The third-order valence-corrected chi connectivity index (χ3v) is 24.0. The second-order valence-corrected chi connectivity index (χ2v) is 26.7. The van der Waals surface area contributed by atoms with Crippen LogP contribution in [0.3, 0.4) is 0 Å². The maximum atomic E-state index is 14.6. The number of carbonyl (C=O) groups is 2. The quantitative estimate of drug-likeness (QED) is 0.0819. The molecule has 1 fully saturated rings.